The van der Waals surface area contributed by atoms with Gasteiger partial charge < -0.3 is 24.2 Å². The molecule has 0 N–H and O–H groups in total. The minimum atomic E-state index is -0.421. The standard InChI is InChI=1S/C31H33N5O6/c1-41-29-9-5-4-8-27(29)33-16-18-34(19-17-33)30(37)22-10-11-26(28(20-22)36(39)40)32-14-12-24(13-15-32)35-25-7-3-2-6-23(25)21-42-31(35)38/h2-11,20,24H,12-19,21H2,1H3. The van der Waals surface area contributed by atoms with Crippen LogP contribution in [0.15, 0.2) is 66.7 Å². The molecule has 6 rings (SSSR count). The molecular weight excluding hydrogens is 538 g/mol. The van der Waals surface area contributed by atoms with Gasteiger partial charge in [-0.15, -0.1) is 0 Å². The number of para-hydroxylation sites is 3. The summed E-state index contributed by atoms with van der Waals surface area (Å²) in [7, 11) is 1.64. The highest BCUT2D eigenvalue weighted by atomic mass is 16.6. The van der Waals surface area contributed by atoms with E-state index in [1.54, 1.807) is 29.0 Å². The van der Waals surface area contributed by atoms with Crippen LogP contribution in [0.1, 0.15) is 28.8 Å². The Balaban J connectivity index is 1.13. The Morgan fingerprint density at radius 1 is 0.881 bits per heavy atom. The maximum atomic E-state index is 13.4. The number of piperazine rings is 1. The minimum Gasteiger partial charge on any atom is -0.495 e. The first-order valence-electron chi connectivity index (χ1n) is 14.2. The molecule has 0 aliphatic carbocycles. The molecule has 3 aromatic rings. The first-order valence-corrected chi connectivity index (χ1v) is 14.2. The number of rotatable bonds is 6. The van der Waals surface area contributed by atoms with Crippen LogP contribution in [0.4, 0.5) is 27.5 Å². The fourth-order valence-electron chi connectivity index (χ4n) is 6.18. The second kappa shape index (κ2) is 11.6. The summed E-state index contributed by atoms with van der Waals surface area (Å²) in [6, 6.07) is 20.2. The van der Waals surface area contributed by atoms with E-state index < -0.39 is 4.92 Å². The van der Waals surface area contributed by atoms with Gasteiger partial charge >= 0.3 is 6.09 Å². The predicted molar refractivity (Wildman–Crippen MR) is 159 cm³/mol. The summed E-state index contributed by atoms with van der Waals surface area (Å²) in [5.74, 6) is 0.568. The maximum Gasteiger partial charge on any atom is 0.414 e. The van der Waals surface area contributed by atoms with Crippen molar-refractivity contribution in [3.63, 3.8) is 0 Å². The summed E-state index contributed by atoms with van der Waals surface area (Å²) in [5, 5.41) is 12.1. The zero-order valence-electron chi connectivity index (χ0n) is 23.5. The number of hydrogen-bond donors (Lipinski definition) is 0. The lowest BCUT2D eigenvalue weighted by Crippen LogP contribution is -2.49. The molecule has 3 aromatic carbocycles. The van der Waals surface area contributed by atoms with Crippen molar-refractivity contribution in [1.82, 2.24) is 4.90 Å². The number of amides is 2. The normalized spacial score (nSPS) is 17.5. The lowest BCUT2D eigenvalue weighted by atomic mass is 9.99. The van der Waals surface area contributed by atoms with Gasteiger partial charge in [0, 0.05) is 62.5 Å². The Labute approximate surface area is 244 Å². The van der Waals surface area contributed by atoms with E-state index in [0.29, 0.717) is 63.4 Å². The van der Waals surface area contributed by atoms with E-state index >= 15 is 0 Å². The van der Waals surface area contributed by atoms with E-state index in [-0.39, 0.29) is 30.3 Å². The number of nitro benzene ring substituents is 1. The van der Waals surface area contributed by atoms with Crippen molar-refractivity contribution in [2.45, 2.75) is 25.5 Å². The number of cyclic esters (lactones) is 1. The first kappa shape index (κ1) is 27.4. The van der Waals surface area contributed by atoms with Gasteiger partial charge in [0.25, 0.3) is 11.6 Å². The lowest BCUT2D eigenvalue weighted by molar-refractivity contribution is -0.384. The molecule has 3 heterocycles. The number of methoxy groups -OCH3 is 1. The summed E-state index contributed by atoms with van der Waals surface area (Å²) in [6.45, 7) is 3.61. The highest BCUT2D eigenvalue weighted by Crippen LogP contribution is 2.36. The van der Waals surface area contributed by atoms with E-state index in [1.165, 1.54) is 6.07 Å². The molecule has 0 aromatic heterocycles. The van der Waals surface area contributed by atoms with Crippen LogP contribution in [0.5, 0.6) is 5.75 Å². The average molecular weight is 572 g/mol. The third kappa shape index (κ3) is 5.17. The minimum absolute atomic E-state index is 0.0652. The number of nitrogens with zero attached hydrogens (tertiary/aromatic N) is 5. The van der Waals surface area contributed by atoms with Gasteiger partial charge in [0.2, 0.25) is 0 Å². The lowest BCUT2D eigenvalue weighted by Gasteiger charge is -2.40. The second-order valence-electron chi connectivity index (χ2n) is 10.7. The quantitative estimate of drug-likeness (QED) is 0.310. The van der Waals surface area contributed by atoms with Crippen LogP contribution in [0.3, 0.4) is 0 Å². The Morgan fingerprint density at radius 3 is 2.26 bits per heavy atom. The van der Waals surface area contributed by atoms with Crippen LogP contribution in [0.2, 0.25) is 0 Å². The number of ether oxygens (including phenoxy) is 2. The summed E-state index contributed by atoms with van der Waals surface area (Å²) >= 11 is 0. The van der Waals surface area contributed by atoms with E-state index in [0.717, 1.165) is 22.7 Å². The van der Waals surface area contributed by atoms with Gasteiger partial charge in [0.05, 0.1) is 23.4 Å². The highest BCUT2D eigenvalue weighted by Gasteiger charge is 2.35. The van der Waals surface area contributed by atoms with E-state index in [1.807, 2.05) is 53.4 Å². The number of piperidine rings is 1. The summed E-state index contributed by atoms with van der Waals surface area (Å²) in [4.78, 5) is 45.4. The van der Waals surface area contributed by atoms with Crippen LogP contribution in [0, 0.1) is 10.1 Å². The van der Waals surface area contributed by atoms with Crippen molar-refractivity contribution in [3.05, 3.63) is 88.0 Å². The first-order chi connectivity index (χ1) is 20.4. The van der Waals surface area contributed by atoms with Gasteiger partial charge in [0.1, 0.15) is 18.0 Å². The van der Waals surface area contributed by atoms with Crippen molar-refractivity contribution < 1.29 is 24.0 Å². The monoisotopic (exact) mass is 571 g/mol. The molecule has 0 atom stereocenters. The smallest absolute Gasteiger partial charge is 0.414 e. The Bertz CT molecular complexity index is 1500. The summed E-state index contributed by atoms with van der Waals surface area (Å²) in [6.07, 6.45) is 0.917. The van der Waals surface area contributed by atoms with Crippen molar-refractivity contribution in [2.24, 2.45) is 0 Å². The molecule has 3 aliphatic rings. The highest BCUT2D eigenvalue weighted by molar-refractivity contribution is 5.96. The number of anilines is 3. The molecule has 0 unspecified atom stereocenters. The molecule has 218 valence electrons. The Morgan fingerprint density at radius 2 is 1.55 bits per heavy atom. The average Bonchev–Trinajstić information content (AvgIpc) is 3.04. The fourth-order valence-corrected chi connectivity index (χ4v) is 6.18. The fraction of sp³-hybridized carbons (Fsp3) is 0.355. The zero-order valence-corrected chi connectivity index (χ0v) is 23.5. The summed E-state index contributed by atoms with van der Waals surface area (Å²) in [5.41, 5.74) is 3.52. The van der Waals surface area contributed by atoms with Crippen molar-refractivity contribution in [1.29, 1.82) is 0 Å². The zero-order chi connectivity index (χ0) is 29.2. The maximum absolute atomic E-state index is 13.4. The Kier molecular flexibility index (Phi) is 7.56. The van der Waals surface area contributed by atoms with Gasteiger partial charge in [-0.3, -0.25) is 19.8 Å². The van der Waals surface area contributed by atoms with Gasteiger partial charge in [-0.1, -0.05) is 30.3 Å². The topological polar surface area (TPSA) is 109 Å². The largest absolute Gasteiger partial charge is 0.495 e. The Hall–Kier alpha value is -4.80. The van der Waals surface area contributed by atoms with E-state index in [9.17, 15) is 19.7 Å². The van der Waals surface area contributed by atoms with Crippen LogP contribution >= 0.6 is 0 Å². The van der Waals surface area contributed by atoms with E-state index in [4.69, 9.17) is 9.47 Å². The number of carbonyl (C=O) groups is 2. The number of fused-ring (bicyclic) bond motifs is 1. The molecule has 2 saturated heterocycles. The molecule has 3 aliphatic heterocycles. The molecule has 0 saturated carbocycles. The van der Waals surface area contributed by atoms with Crippen LogP contribution in [-0.4, -0.2) is 74.2 Å². The molecule has 2 fully saturated rings. The van der Waals surface area contributed by atoms with Crippen molar-refractivity contribution >= 4 is 34.7 Å². The predicted octanol–water partition coefficient (Wildman–Crippen LogP) is 4.69. The SMILES string of the molecule is COc1ccccc1N1CCN(C(=O)c2ccc(N3CCC(N4C(=O)OCc5ccccc54)CC3)c([N+](=O)[O-])c2)CC1. The molecule has 0 bridgehead atoms. The molecular formula is C31H33N5O6. The molecule has 2 amide bonds. The van der Waals surface area contributed by atoms with Gasteiger partial charge in [-0.25, -0.2) is 4.79 Å². The third-order valence-electron chi connectivity index (χ3n) is 8.38. The molecule has 11 nitrogen and oxygen atoms in total. The van der Waals surface area contributed by atoms with Crippen LogP contribution in [-0.2, 0) is 11.3 Å². The van der Waals surface area contributed by atoms with Crippen LogP contribution < -0.4 is 19.4 Å². The van der Waals surface area contributed by atoms with Gasteiger partial charge in [-0.05, 0) is 43.2 Å². The molecule has 42 heavy (non-hydrogen) atoms. The molecule has 0 radical (unpaired) electrons. The van der Waals surface area contributed by atoms with Crippen LogP contribution in [0.25, 0.3) is 0 Å². The summed E-state index contributed by atoms with van der Waals surface area (Å²) < 4.78 is 10.9. The number of carbonyl (C=O) groups excluding carboxylic acids is 2. The molecule has 0 spiro atoms. The number of nitro groups is 1. The van der Waals surface area contributed by atoms with Crippen molar-refractivity contribution in [2.75, 3.05) is 61.1 Å². The van der Waals surface area contributed by atoms with Crippen molar-refractivity contribution in [3.8, 4) is 5.75 Å². The van der Waals surface area contributed by atoms with E-state index in [2.05, 4.69) is 4.90 Å². The second-order valence-corrected chi connectivity index (χ2v) is 10.7. The third-order valence-corrected chi connectivity index (χ3v) is 8.38. The van der Waals surface area contributed by atoms with Gasteiger partial charge in [-0.2, -0.15) is 0 Å². The van der Waals surface area contributed by atoms with Gasteiger partial charge in [0.15, 0.2) is 0 Å². The number of benzene rings is 3. The number of hydrogen-bond acceptors (Lipinski definition) is 8. The molecule has 11 heteroatoms.